The number of carbonyl (C=O) groups is 1. The minimum Gasteiger partial charge on any atom is -0.413 e. The van der Waals surface area contributed by atoms with Crippen LogP contribution in [0.25, 0.3) is 0 Å². The van der Waals surface area contributed by atoms with Gasteiger partial charge in [-0.05, 0) is 134 Å². The molecule has 0 aromatic heterocycles. The van der Waals surface area contributed by atoms with Crippen molar-refractivity contribution in [3.05, 3.63) is 70.8 Å². The van der Waals surface area contributed by atoms with Gasteiger partial charge in [-0.25, -0.2) is 0 Å². The predicted molar refractivity (Wildman–Crippen MR) is 224 cm³/mol. The molecule has 1 aromatic rings. The Kier molecular flexibility index (Phi) is 11.9. The monoisotopic (exact) mass is 747 g/mol. The van der Waals surface area contributed by atoms with Crippen molar-refractivity contribution in [2.24, 2.45) is 23.2 Å². The van der Waals surface area contributed by atoms with Crippen LogP contribution in [-0.2, 0) is 19.1 Å². The molecule has 4 nitrogen and oxygen atoms in total. The highest BCUT2D eigenvalue weighted by Crippen LogP contribution is 2.60. The van der Waals surface area contributed by atoms with Crippen LogP contribution in [0.4, 0.5) is 0 Å². The molecule has 1 N–H and O–H groups in total. The summed E-state index contributed by atoms with van der Waals surface area (Å²) in [6.45, 7) is 34.9. The summed E-state index contributed by atoms with van der Waals surface area (Å²) >= 11 is 0. The smallest absolute Gasteiger partial charge is 0.192 e. The largest absolute Gasteiger partial charge is 0.413 e. The van der Waals surface area contributed by atoms with E-state index in [1.165, 1.54) is 24.0 Å². The summed E-state index contributed by atoms with van der Waals surface area (Å²) in [6.07, 6.45) is 13.9. The quantitative estimate of drug-likeness (QED) is 0.229. The van der Waals surface area contributed by atoms with E-state index < -0.39 is 22.7 Å². The molecule has 0 saturated heterocycles. The van der Waals surface area contributed by atoms with E-state index in [-0.39, 0.29) is 51.2 Å². The Morgan fingerprint density at radius 1 is 0.962 bits per heavy atom. The first-order valence-corrected chi connectivity index (χ1v) is 26.5. The lowest BCUT2D eigenvalue weighted by molar-refractivity contribution is -0.124. The molecule has 1 aromatic carbocycles. The number of aryl methyl sites for hydroxylation is 1. The zero-order valence-electron chi connectivity index (χ0n) is 35.4. The predicted octanol–water partition coefficient (Wildman–Crippen LogP) is 12.2. The fourth-order valence-corrected chi connectivity index (χ4v) is 12.1. The van der Waals surface area contributed by atoms with Crippen molar-refractivity contribution in [2.75, 3.05) is 0 Å². The summed E-state index contributed by atoms with van der Waals surface area (Å²) in [6, 6.07) is 8.46. The van der Waals surface area contributed by atoms with E-state index in [2.05, 4.69) is 131 Å². The van der Waals surface area contributed by atoms with E-state index >= 15 is 0 Å². The molecule has 7 atom stereocenters. The van der Waals surface area contributed by atoms with E-state index in [0.717, 1.165) is 56.1 Å². The molecule has 0 heterocycles. The third kappa shape index (κ3) is 8.32. The van der Waals surface area contributed by atoms with Crippen LogP contribution in [0, 0.1) is 30.1 Å². The Morgan fingerprint density at radius 2 is 1.56 bits per heavy atom. The highest BCUT2D eigenvalue weighted by Gasteiger charge is 2.54. The Balaban J connectivity index is 1.34. The molecular formula is C46H74O4Si2. The van der Waals surface area contributed by atoms with Crippen LogP contribution in [0.3, 0.4) is 0 Å². The van der Waals surface area contributed by atoms with Crippen LogP contribution < -0.4 is 0 Å². The number of benzene rings is 1. The zero-order valence-corrected chi connectivity index (χ0v) is 37.4. The Labute approximate surface area is 320 Å². The van der Waals surface area contributed by atoms with Crippen LogP contribution in [0.15, 0.2) is 59.7 Å². The average molecular weight is 747 g/mol. The molecule has 1 unspecified atom stereocenters. The van der Waals surface area contributed by atoms with Gasteiger partial charge in [-0.1, -0.05) is 110 Å². The van der Waals surface area contributed by atoms with Gasteiger partial charge < -0.3 is 14.0 Å². The summed E-state index contributed by atoms with van der Waals surface area (Å²) in [7, 11) is -4.00. The van der Waals surface area contributed by atoms with Crippen LogP contribution in [-0.4, -0.2) is 45.8 Å². The number of hydrogen-bond acceptors (Lipinski definition) is 4. The SMILES string of the molecule is C=C1C(=CC=C2CCC[C@]3(C)[C@@H]([C@H](C)C(O)CC(=O)C4(c5ccc(C)cc5)CC4)CC[C@@H]23)C[C@@H](O[Si](C)(C)C(C)(C)C)C[C@@H]1O[Si](C)(C)C(C)(C)C. The number of carbonyl (C=O) groups excluding carboxylic acids is 1. The Bertz CT molecular complexity index is 1530. The minimum atomic E-state index is -2.03. The highest BCUT2D eigenvalue weighted by atomic mass is 28.4. The van der Waals surface area contributed by atoms with Crippen LogP contribution in [0.2, 0.25) is 36.3 Å². The van der Waals surface area contributed by atoms with E-state index in [9.17, 15) is 9.90 Å². The van der Waals surface area contributed by atoms with Gasteiger partial charge in [0.25, 0.3) is 0 Å². The summed E-state index contributed by atoms with van der Waals surface area (Å²) in [5.74, 6) is 1.22. The van der Waals surface area contributed by atoms with Gasteiger partial charge in [0.2, 0.25) is 0 Å². The number of ketones is 1. The van der Waals surface area contributed by atoms with E-state index in [4.69, 9.17) is 8.85 Å². The molecule has 0 aliphatic heterocycles. The van der Waals surface area contributed by atoms with Gasteiger partial charge in [0.1, 0.15) is 5.78 Å². The van der Waals surface area contributed by atoms with Crippen molar-refractivity contribution in [3.63, 3.8) is 0 Å². The Hall–Kier alpha value is -1.58. The van der Waals surface area contributed by atoms with Gasteiger partial charge in [0.15, 0.2) is 16.6 Å². The second-order valence-electron chi connectivity index (χ2n) is 20.9. The number of Topliss-reactive ketones (excluding diaryl/α,β-unsaturated/α-hetero) is 1. The lowest BCUT2D eigenvalue weighted by Gasteiger charge is -2.46. The lowest BCUT2D eigenvalue weighted by atomic mass is 9.60. The normalized spacial score (nSPS) is 31.1. The van der Waals surface area contributed by atoms with Crippen molar-refractivity contribution < 1.29 is 18.8 Å². The number of hydrogen-bond donors (Lipinski definition) is 1. The van der Waals surface area contributed by atoms with Crippen molar-refractivity contribution in [2.45, 2.75) is 187 Å². The molecule has 0 spiro atoms. The molecule has 4 aliphatic carbocycles. The summed E-state index contributed by atoms with van der Waals surface area (Å²) in [4.78, 5) is 13.7. The van der Waals surface area contributed by atoms with E-state index in [1.54, 1.807) is 5.57 Å². The standard InChI is InChI=1S/C46H74O4Si2/c1-31-17-21-36(22-18-31)46(26-27-46)42(48)30-40(47)33(3)38-23-24-39-34(16-15-25-45(38,39)10)19-20-35-28-37(49-51(11,12)43(4,5)6)29-41(32(35)2)50-52(13,14)44(7,8)9/h17-22,33,37-41,47H,2,15-16,23-30H2,1,3-14H3/t33-,37+,38+,39-,40?,41-,45+/m0/s1. The second-order valence-corrected chi connectivity index (χ2v) is 30.4. The first-order chi connectivity index (χ1) is 23.9. The number of allylic oxidation sites excluding steroid dienone is 3. The molecule has 5 rings (SSSR count). The van der Waals surface area contributed by atoms with Crippen LogP contribution in [0.5, 0.6) is 0 Å². The molecule has 4 saturated carbocycles. The third-order valence-corrected chi connectivity index (χ3v) is 24.3. The maximum absolute atomic E-state index is 13.7. The van der Waals surface area contributed by atoms with Crippen molar-refractivity contribution in [1.29, 1.82) is 0 Å². The van der Waals surface area contributed by atoms with Crippen molar-refractivity contribution >= 4 is 22.4 Å². The zero-order chi connectivity index (χ0) is 38.7. The third-order valence-electron chi connectivity index (χ3n) is 15.3. The fraction of sp³-hybridized carbons (Fsp3) is 0.717. The van der Waals surface area contributed by atoms with Crippen LogP contribution >= 0.6 is 0 Å². The number of fused-ring (bicyclic) bond motifs is 1. The van der Waals surface area contributed by atoms with Crippen LogP contribution in [0.1, 0.15) is 131 Å². The highest BCUT2D eigenvalue weighted by molar-refractivity contribution is 6.74. The van der Waals surface area contributed by atoms with Gasteiger partial charge >= 0.3 is 0 Å². The van der Waals surface area contributed by atoms with Gasteiger partial charge in [-0.3, -0.25) is 4.79 Å². The molecule has 4 fully saturated rings. The maximum atomic E-state index is 13.7. The molecule has 4 aliphatic rings. The summed E-state index contributed by atoms with van der Waals surface area (Å²) in [5, 5.41) is 11.9. The van der Waals surface area contributed by atoms with Gasteiger partial charge in [-0.15, -0.1) is 0 Å². The fourth-order valence-electron chi connectivity index (χ4n) is 9.47. The molecule has 0 amide bonds. The molecule has 6 heteroatoms. The van der Waals surface area contributed by atoms with Crippen molar-refractivity contribution in [1.82, 2.24) is 0 Å². The van der Waals surface area contributed by atoms with Gasteiger partial charge in [0, 0.05) is 12.8 Å². The number of aliphatic hydroxyl groups is 1. The van der Waals surface area contributed by atoms with Gasteiger partial charge in [0.05, 0.1) is 23.7 Å². The molecule has 0 radical (unpaired) electrons. The number of rotatable bonds is 11. The minimum absolute atomic E-state index is 0.0209. The maximum Gasteiger partial charge on any atom is 0.192 e. The lowest BCUT2D eigenvalue weighted by Crippen LogP contribution is -2.49. The summed E-state index contributed by atoms with van der Waals surface area (Å²) < 4.78 is 14.2. The van der Waals surface area contributed by atoms with E-state index in [0.29, 0.717) is 11.8 Å². The Morgan fingerprint density at radius 3 is 2.13 bits per heavy atom. The first-order valence-electron chi connectivity index (χ1n) is 20.6. The summed E-state index contributed by atoms with van der Waals surface area (Å²) in [5.41, 5.74) is 6.08. The second kappa shape index (κ2) is 14.8. The average Bonchev–Trinajstić information content (AvgIpc) is 3.76. The molecule has 0 bridgehead atoms. The first kappa shape index (κ1) is 41.6. The molecular weight excluding hydrogens is 673 g/mol. The van der Waals surface area contributed by atoms with Gasteiger partial charge in [-0.2, -0.15) is 0 Å². The van der Waals surface area contributed by atoms with E-state index in [1.807, 2.05) is 0 Å². The van der Waals surface area contributed by atoms with Crippen molar-refractivity contribution in [3.8, 4) is 0 Å². The topological polar surface area (TPSA) is 55.8 Å². The number of aliphatic hydroxyl groups excluding tert-OH is 1. The molecule has 52 heavy (non-hydrogen) atoms. The molecule has 290 valence electrons.